The summed E-state index contributed by atoms with van der Waals surface area (Å²) in [6, 6.07) is 14.9. The number of anilines is 2. The number of imidazole rings is 1. The third-order valence-corrected chi connectivity index (χ3v) is 15.9. The number of imide groups is 1. The van der Waals surface area contributed by atoms with E-state index >= 15 is 13.2 Å². The Kier molecular flexibility index (Phi) is 10.5. The number of aromatic nitrogens is 5. The standard InChI is InChI=1S/C50H48F3N11O5S/c1-59-39-19-29(6-9-32(39)42(58-59)33-10-11-40(65)56-45(33)67)36-12-15-60(26-50(36,52)53)21-41(66)63-24-49(25-63)22-62(23-49)31-7-4-28(5-8-31)30-17-34-35(37(51)18-30)20-64(47(34)69)44(46(68)57-48-54-13-16-70-48)43-38-3-2-14-61(38)27-55-43/h4-9,13,16-19,27,33,36,44H,2-3,10-12,14-15,20-26H2,1H3,(H,54,57,68)(H,56,65,67). The van der Waals surface area contributed by atoms with Gasteiger partial charge in [-0.05, 0) is 79.3 Å². The third-order valence-electron chi connectivity index (χ3n) is 15.2. The number of likely N-dealkylation sites (tertiary alicyclic amines) is 2. The smallest absolute Gasteiger partial charge is 0.267 e. The SMILES string of the molecule is Cn1nc(C2CCC(=O)NC2=O)c2ccc(C3CCN(CC(=O)N4CC5(C4)CN(c4ccc(-c6cc(F)c7c(c6)C(=O)N(C(C(=O)Nc6nccs6)c6ncn8c6CCC8)C7)cc4)C5)CC3(F)F)cc21. The number of nitrogens with zero attached hydrogens (tertiary/aromatic N) is 9. The molecule has 6 aliphatic heterocycles. The van der Waals surface area contributed by atoms with Gasteiger partial charge in [-0.3, -0.25) is 44.2 Å². The summed E-state index contributed by atoms with van der Waals surface area (Å²) in [6.45, 7) is 2.97. The van der Waals surface area contributed by atoms with Crippen LogP contribution in [0.1, 0.15) is 82.1 Å². The van der Waals surface area contributed by atoms with E-state index in [0.29, 0.717) is 64.6 Å². The number of alkyl halides is 2. The van der Waals surface area contributed by atoms with Gasteiger partial charge < -0.3 is 19.3 Å². The Morgan fingerprint density at radius 2 is 1.76 bits per heavy atom. The molecule has 3 unspecified atom stereocenters. The molecule has 0 saturated carbocycles. The average Bonchev–Trinajstić information content (AvgIpc) is 4.16. The van der Waals surface area contributed by atoms with E-state index in [0.717, 1.165) is 49.4 Å². The van der Waals surface area contributed by atoms with Crippen molar-refractivity contribution >= 4 is 62.6 Å². The van der Waals surface area contributed by atoms with Gasteiger partial charge in [-0.2, -0.15) is 5.10 Å². The van der Waals surface area contributed by atoms with Gasteiger partial charge in [0.25, 0.3) is 17.7 Å². The third kappa shape index (κ3) is 7.53. The molecule has 6 aliphatic rings. The highest BCUT2D eigenvalue weighted by atomic mass is 32.1. The predicted molar refractivity (Wildman–Crippen MR) is 252 cm³/mol. The summed E-state index contributed by atoms with van der Waals surface area (Å²) in [5.41, 5.74) is 5.61. The van der Waals surface area contributed by atoms with Crippen molar-refractivity contribution in [2.24, 2.45) is 12.5 Å². The maximum atomic E-state index is 16.0. The van der Waals surface area contributed by atoms with Crippen molar-refractivity contribution in [3.8, 4) is 11.1 Å². The van der Waals surface area contributed by atoms with E-state index in [1.807, 2.05) is 28.8 Å². The number of amides is 5. The van der Waals surface area contributed by atoms with E-state index in [9.17, 15) is 24.0 Å². The lowest BCUT2D eigenvalue weighted by atomic mass is 9.72. The molecule has 9 heterocycles. The lowest BCUT2D eigenvalue weighted by molar-refractivity contribution is -0.149. The van der Waals surface area contributed by atoms with Gasteiger partial charge in [-0.15, -0.1) is 11.3 Å². The van der Waals surface area contributed by atoms with Gasteiger partial charge in [0.1, 0.15) is 5.82 Å². The van der Waals surface area contributed by atoms with Crippen molar-refractivity contribution in [3.05, 3.63) is 112 Å². The number of thiazole rings is 1. The van der Waals surface area contributed by atoms with Crippen molar-refractivity contribution in [1.29, 1.82) is 0 Å². The number of hydrogen-bond acceptors (Lipinski definition) is 11. The largest absolute Gasteiger partial charge is 0.370 e. The average molecular weight is 972 g/mol. The maximum Gasteiger partial charge on any atom is 0.267 e. The topological polar surface area (TPSA) is 171 Å². The molecule has 3 atom stereocenters. The predicted octanol–water partition coefficient (Wildman–Crippen LogP) is 5.61. The number of halogens is 3. The molecule has 20 heteroatoms. The Morgan fingerprint density at radius 1 is 0.943 bits per heavy atom. The summed E-state index contributed by atoms with van der Waals surface area (Å²) in [5.74, 6) is -7.05. The van der Waals surface area contributed by atoms with Gasteiger partial charge >= 0.3 is 0 Å². The molecule has 3 aromatic carbocycles. The molecule has 360 valence electrons. The number of benzene rings is 3. The van der Waals surface area contributed by atoms with E-state index in [4.69, 9.17) is 0 Å². The van der Waals surface area contributed by atoms with Crippen LogP contribution < -0.4 is 15.5 Å². The summed E-state index contributed by atoms with van der Waals surface area (Å²) in [4.78, 5) is 81.4. The second-order valence-electron chi connectivity index (χ2n) is 19.8. The molecule has 1 spiro atoms. The first-order chi connectivity index (χ1) is 33.7. The minimum Gasteiger partial charge on any atom is -0.370 e. The number of nitrogens with one attached hydrogen (secondary N) is 2. The van der Waals surface area contributed by atoms with Crippen LogP contribution in [-0.4, -0.2) is 120 Å². The molecule has 12 rings (SSSR count). The van der Waals surface area contributed by atoms with Crippen LogP contribution in [0.4, 0.5) is 24.0 Å². The molecule has 6 aromatic rings. The van der Waals surface area contributed by atoms with Crippen LogP contribution in [0.3, 0.4) is 0 Å². The molecular formula is C50H48F3N11O5S. The lowest BCUT2D eigenvalue weighted by Gasteiger charge is -2.61. The first-order valence-electron chi connectivity index (χ1n) is 23.6. The molecule has 70 heavy (non-hydrogen) atoms. The van der Waals surface area contributed by atoms with Crippen LogP contribution in [0, 0.1) is 11.2 Å². The highest BCUT2D eigenvalue weighted by Crippen LogP contribution is 2.45. The molecule has 3 aromatic heterocycles. The number of hydrogen-bond donors (Lipinski definition) is 2. The lowest BCUT2D eigenvalue weighted by Crippen LogP contribution is -2.73. The van der Waals surface area contributed by atoms with Gasteiger partial charge in [-0.25, -0.2) is 23.1 Å². The number of carbonyl (C=O) groups is 5. The highest BCUT2D eigenvalue weighted by Gasteiger charge is 2.54. The van der Waals surface area contributed by atoms with Crippen LogP contribution >= 0.6 is 11.3 Å². The summed E-state index contributed by atoms with van der Waals surface area (Å²) in [7, 11) is 1.71. The molecule has 0 radical (unpaired) electrons. The van der Waals surface area contributed by atoms with E-state index in [2.05, 4.69) is 30.6 Å². The Balaban J connectivity index is 0.651. The van der Waals surface area contributed by atoms with Crippen LogP contribution in [0.25, 0.3) is 22.0 Å². The first kappa shape index (κ1) is 44.3. The second-order valence-corrected chi connectivity index (χ2v) is 20.7. The summed E-state index contributed by atoms with van der Waals surface area (Å²) in [5, 5.41) is 12.6. The fraction of sp³-hybridized carbons (Fsp3) is 0.400. The van der Waals surface area contributed by atoms with Crippen LogP contribution in [0.2, 0.25) is 0 Å². The number of fused-ring (bicyclic) bond motifs is 3. The van der Waals surface area contributed by atoms with Gasteiger partial charge in [0.05, 0.1) is 54.7 Å². The van der Waals surface area contributed by atoms with Gasteiger partial charge in [0.15, 0.2) is 11.2 Å². The maximum absolute atomic E-state index is 16.0. The zero-order valence-corrected chi connectivity index (χ0v) is 39.0. The molecule has 4 saturated heterocycles. The summed E-state index contributed by atoms with van der Waals surface area (Å²) >= 11 is 1.26. The number of carbonyl (C=O) groups excluding carboxylic acids is 5. The first-order valence-corrected chi connectivity index (χ1v) is 24.5. The molecule has 4 fully saturated rings. The second kappa shape index (κ2) is 16.6. The van der Waals surface area contributed by atoms with Crippen LogP contribution in [0.15, 0.2) is 72.5 Å². The normalized spacial score (nSPS) is 21.9. The summed E-state index contributed by atoms with van der Waals surface area (Å²) < 4.78 is 51.4. The molecule has 16 nitrogen and oxygen atoms in total. The highest BCUT2D eigenvalue weighted by molar-refractivity contribution is 7.13. The van der Waals surface area contributed by atoms with Crippen molar-refractivity contribution in [1.82, 2.24) is 44.3 Å². The minimum absolute atomic E-state index is 0.0746. The van der Waals surface area contributed by atoms with Crippen molar-refractivity contribution in [2.75, 3.05) is 56.0 Å². The van der Waals surface area contributed by atoms with Crippen molar-refractivity contribution in [3.63, 3.8) is 0 Å². The minimum atomic E-state index is -3.09. The van der Waals surface area contributed by atoms with E-state index in [1.54, 1.807) is 63.7 Å². The van der Waals surface area contributed by atoms with Crippen molar-refractivity contribution in [2.45, 2.75) is 69.0 Å². The molecule has 5 amide bonds. The Labute approximate surface area is 403 Å². The fourth-order valence-corrected chi connectivity index (χ4v) is 12.2. The molecule has 0 bridgehead atoms. The zero-order chi connectivity index (χ0) is 48.2. The van der Waals surface area contributed by atoms with E-state index < -0.39 is 53.9 Å². The Hall–Kier alpha value is -6.93. The Bertz CT molecular complexity index is 3140. The van der Waals surface area contributed by atoms with Gasteiger partial charge in [-0.1, -0.05) is 24.3 Å². The van der Waals surface area contributed by atoms with Gasteiger partial charge in [0, 0.05) is 91.1 Å². The monoisotopic (exact) mass is 971 g/mol. The molecule has 0 aliphatic carbocycles. The van der Waals surface area contributed by atoms with Crippen LogP contribution in [0.5, 0.6) is 0 Å². The Morgan fingerprint density at radius 3 is 2.51 bits per heavy atom. The summed E-state index contributed by atoms with van der Waals surface area (Å²) in [6.07, 6.45) is 5.61. The van der Waals surface area contributed by atoms with Gasteiger partial charge in [0.2, 0.25) is 17.7 Å². The van der Waals surface area contributed by atoms with E-state index in [1.165, 1.54) is 22.3 Å². The number of piperidine rings is 2. The van der Waals surface area contributed by atoms with Crippen molar-refractivity contribution < 1.29 is 37.1 Å². The van der Waals surface area contributed by atoms with E-state index in [-0.39, 0.29) is 54.3 Å². The molecular weight excluding hydrogens is 924 g/mol. The van der Waals surface area contributed by atoms with Crippen LogP contribution in [-0.2, 0) is 45.7 Å². The number of rotatable bonds is 10. The quantitative estimate of drug-likeness (QED) is 0.165. The fourth-order valence-electron chi connectivity index (χ4n) is 11.7. The molecule has 2 N–H and O–H groups in total. The zero-order valence-electron chi connectivity index (χ0n) is 38.2. The number of aryl methyl sites for hydroxylation is 2.